The van der Waals surface area contributed by atoms with Gasteiger partial charge in [-0.05, 0) is 17.7 Å². The van der Waals surface area contributed by atoms with Crippen LogP contribution in [0.3, 0.4) is 0 Å². The van der Waals surface area contributed by atoms with Gasteiger partial charge in [-0.25, -0.2) is 14.4 Å². The molecule has 3 heterocycles. The Labute approximate surface area is 176 Å². The lowest BCUT2D eigenvalue weighted by molar-refractivity contribution is -0.137. The van der Waals surface area contributed by atoms with Crippen LogP contribution in [0.2, 0.25) is 0 Å². The number of rotatable bonds is 3. The monoisotopic (exact) mass is 449 g/mol. The van der Waals surface area contributed by atoms with Crippen LogP contribution in [0.15, 0.2) is 42.9 Å². The van der Waals surface area contributed by atoms with Gasteiger partial charge in [0, 0.05) is 37.2 Å². The molecule has 3 aromatic rings. The van der Waals surface area contributed by atoms with Crippen molar-refractivity contribution in [2.24, 2.45) is 0 Å². The number of nitrogens with zero attached hydrogens (tertiary/aromatic N) is 3. The second-order valence-corrected chi connectivity index (χ2v) is 6.27. The molecule has 0 saturated carbocycles. The average molecular weight is 450 g/mol. The first kappa shape index (κ1) is 23.1. The molecule has 1 saturated heterocycles. The molecule has 1 fully saturated rings. The highest BCUT2D eigenvalue weighted by atomic mass is 35.5. The number of nitrogens with one attached hydrogen (secondary N) is 2. The highest BCUT2D eigenvalue weighted by molar-refractivity contribution is 5.96. The molecule has 0 amide bonds. The zero-order valence-corrected chi connectivity index (χ0v) is 16.4. The smallest absolute Gasteiger partial charge is 0.361 e. The number of benzene rings is 1. The molecule has 29 heavy (non-hydrogen) atoms. The van der Waals surface area contributed by atoms with E-state index in [9.17, 15) is 17.6 Å². The van der Waals surface area contributed by atoms with Gasteiger partial charge in [0.25, 0.3) is 0 Å². The van der Waals surface area contributed by atoms with E-state index in [0.29, 0.717) is 34.5 Å². The maximum Gasteiger partial charge on any atom is 0.416 e. The Kier molecular flexibility index (Phi) is 7.20. The molecule has 2 atom stereocenters. The van der Waals surface area contributed by atoms with Crippen LogP contribution in [0.4, 0.5) is 23.4 Å². The summed E-state index contributed by atoms with van der Waals surface area (Å²) in [6.07, 6.45) is -0.948. The fourth-order valence-corrected chi connectivity index (χ4v) is 3.08. The van der Waals surface area contributed by atoms with Gasteiger partial charge in [-0.1, -0.05) is 12.1 Å². The van der Waals surface area contributed by atoms with Crippen LogP contribution in [0.5, 0.6) is 0 Å². The number of pyridine rings is 1. The van der Waals surface area contributed by atoms with Crippen LogP contribution in [0.1, 0.15) is 5.56 Å². The predicted octanol–water partition coefficient (Wildman–Crippen LogP) is 4.28. The zero-order chi connectivity index (χ0) is 19.0. The van der Waals surface area contributed by atoms with Gasteiger partial charge in [0.2, 0.25) is 0 Å². The maximum atomic E-state index is 13.9. The zero-order valence-electron chi connectivity index (χ0n) is 14.8. The van der Waals surface area contributed by atoms with Crippen molar-refractivity contribution in [3.63, 3.8) is 0 Å². The summed E-state index contributed by atoms with van der Waals surface area (Å²) in [5.74, 6) is 0.394. The summed E-state index contributed by atoms with van der Waals surface area (Å²) in [6.45, 7) is 0.732. The summed E-state index contributed by atoms with van der Waals surface area (Å²) < 4.78 is 52.2. The van der Waals surface area contributed by atoms with Gasteiger partial charge >= 0.3 is 6.18 Å². The van der Waals surface area contributed by atoms with Crippen molar-refractivity contribution in [3.05, 3.63) is 48.4 Å². The second-order valence-electron chi connectivity index (χ2n) is 6.27. The van der Waals surface area contributed by atoms with Crippen molar-refractivity contribution >= 4 is 41.7 Å². The van der Waals surface area contributed by atoms with Gasteiger partial charge in [0.15, 0.2) is 5.82 Å². The molecule has 0 aliphatic carbocycles. The van der Waals surface area contributed by atoms with Crippen molar-refractivity contribution in [3.8, 4) is 11.1 Å². The van der Waals surface area contributed by atoms with Crippen molar-refractivity contribution in [1.82, 2.24) is 20.3 Å². The predicted molar refractivity (Wildman–Crippen MR) is 107 cm³/mol. The molecule has 0 unspecified atom stereocenters. The van der Waals surface area contributed by atoms with Crippen LogP contribution >= 0.6 is 24.8 Å². The summed E-state index contributed by atoms with van der Waals surface area (Å²) in [5.41, 5.74) is 1.29. The molecular formula is C18H17Cl2F4N5. The SMILES string of the molecule is Cl.Cl.F[C@H]1CNC[C@H]1Nc1ncc(-c2ccc(C(F)(F)F)cc2)c2nccnc12. The molecule has 1 aliphatic heterocycles. The minimum absolute atomic E-state index is 0. The lowest BCUT2D eigenvalue weighted by atomic mass is 10.0. The van der Waals surface area contributed by atoms with Crippen LogP contribution in [0.25, 0.3) is 22.2 Å². The fraction of sp³-hybridized carbons (Fsp3) is 0.278. The molecule has 156 valence electrons. The topological polar surface area (TPSA) is 62.7 Å². The van der Waals surface area contributed by atoms with E-state index in [1.165, 1.54) is 30.7 Å². The van der Waals surface area contributed by atoms with Crippen LogP contribution in [-0.4, -0.2) is 40.3 Å². The van der Waals surface area contributed by atoms with Gasteiger partial charge in [-0.2, -0.15) is 13.2 Å². The minimum atomic E-state index is -4.40. The van der Waals surface area contributed by atoms with Gasteiger partial charge in [0.05, 0.1) is 11.6 Å². The number of aromatic nitrogens is 3. The molecule has 2 N–H and O–H groups in total. The Morgan fingerprint density at radius 3 is 2.17 bits per heavy atom. The molecule has 11 heteroatoms. The molecule has 0 spiro atoms. The third kappa shape index (κ3) is 4.68. The minimum Gasteiger partial charge on any atom is -0.361 e. The molecule has 0 radical (unpaired) electrons. The summed E-state index contributed by atoms with van der Waals surface area (Å²) in [5, 5.41) is 5.99. The van der Waals surface area contributed by atoms with Crippen LogP contribution in [0, 0.1) is 0 Å². The highest BCUT2D eigenvalue weighted by Gasteiger charge is 2.30. The molecule has 5 nitrogen and oxygen atoms in total. The van der Waals surface area contributed by atoms with E-state index in [-0.39, 0.29) is 31.4 Å². The summed E-state index contributed by atoms with van der Waals surface area (Å²) >= 11 is 0. The summed E-state index contributed by atoms with van der Waals surface area (Å²) in [7, 11) is 0. The van der Waals surface area contributed by atoms with Crippen LogP contribution < -0.4 is 10.6 Å². The average Bonchev–Trinajstić information content (AvgIpc) is 3.06. The Morgan fingerprint density at radius 1 is 0.931 bits per heavy atom. The second kappa shape index (κ2) is 9.06. The molecule has 1 aromatic carbocycles. The van der Waals surface area contributed by atoms with E-state index < -0.39 is 24.0 Å². The lowest BCUT2D eigenvalue weighted by Gasteiger charge is -2.16. The quantitative estimate of drug-likeness (QED) is 0.584. The Hall–Kier alpha value is -2.23. The molecular weight excluding hydrogens is 433 g/mol. The Morgan fingerprint density at radius 2 is 1.59 bits per heavy atom. The standard InChI is InChI=1S/C18H15F4N5.2ClH/c19-13-8-23-9-14(13)27-17-16-15(24-5-6-25-16)12(7-26-17)10-1-3-11(4-2-10)18(20,21)22;;/h1-7,13-14,23H,8-9H2,(H,26,27);2*1H/t13-,14+;;/m0../s1. The number of hydrogen-bond donors (Lipinski definition) is 2. The Bertz CT molecular complexity index is 969. The Balaban J connectivity index is 0.00000150. The molecule has 1 aliphatic rings. The largest absolute Gasteiger partial charge is 0.416 e. The van der Waals surface area contributed by atoms with Crippen LogP contribution in [-0.2, 0) is 6.18 Å². The van der Waals surface area contributed by atoms with Gasteiger partial charge in [-0.15, -0.1) is 24.8 Å². The van der Waals surface area contributed by atoms with Crippen molar-refractivity contribution in [2.45, 2.75) is 18.4 Å². The van der Waals surface area contributed by atoms with Gasteiger partial charge in [0.1, 0.15) is 17.2 Å². The third-order valence-electron chi connectivity index (χ3n) is 4.49. The van der Waals surface area contributed by atoms with E-state index in [2.05, 4.69) is 25.6 Å². The number of halogens is 6. The highest BCUT2D eigenvalue weighted by Crippen LogP contribution is 2.33. The normalized spacial score (nSPS) is 18.8. The van der Waals surface area contributed by atoms with E-state index in [0.717, 1.165) is 12.1 Å². The number of anilines is 1. The van der Waals surface area contributed by atoms with Crippen molar-refractivity contribution in [1.29, 1.82) is 0 Å². The van der Waals surface area contributed by atoms with Crippen molar-refractivity contribution in [2.75, 3.05) is 18.4 Å². The number of fused-ring (bicyclic) bond motifs is 1. The first-order valence-corrected chi connectivity index (χ1v) is 8.32. The number of alkyl halides is 4. The molecule has 2 aromatic heterocycles. The van der Waals surface area contributed by atoms with E-state index in [4.69, 9.17) is 0 Å². The van der Waals surface area contributed by atoms with E-state index in [1.54, 1.807) is 0 Å². The summed E-state index contributed by atoms with van der Waals surface area (Å²) in [6, 6.07) is 4.35. The maximum absolute atomic E-state index is 13.9. The first-order valence-electron chi connectivity index (χ1n) is 8.32. The molecule has 4 rings (SSSR count). The fourth-order valence-electron chi connectivity index (χ4n) is 3.08. The van der Waals surface area contributed by atoms with Crippen molar-refractivity contribution < 1.29 is 17.6 Å². The van der Waals surface area contributed by atoms with E-state index >= 15 is 0 Å². The molecule has 0 bridgehead atoms. The van der Waals surface area contributed by atoms with E-state index in [1.807, 2.05) is 0 Å². The lowest BCUT2D eigenvalue weighted by Crippen LogP contribution is -2.29. The first-order chi connectivity index (χ1) is 12.9. The third-order valence-corrected chi connectivity index (χ3v) is 4.49. The van der Waals surface area contributed by atoms with Gasteiger partial charge < -0.3 is 10.6 Å². The summed E-state index contributed by atoms with van der Waals surface area (Å²) in [4.78, 5) is 12.9. The van der Waals surface area contributed by atoms with Gasteiger partial charge in [-0.3, -0.25) is 4.98 Å². The number of hydrogen-bond acceptors (Lipinski definition) is 5.